The van der Waals surface area contributed by atoms with Gasteiger partial charge in [-0.2, -0.15) is 0 Å². The van der Waals surface area contributed by atoms with Crippen molar-refractivity contribution in [2.75, 3.05) is 12.4 Å². The Morgan fingerprint density at radius 1 is 1.17 bits per heavy atom. The highest BCUT2D eigenvalue weighted by Crippen LogP contribution is 2.29. The zero-order chi connectivity index (χ0) is 22.5. The molecule has 2 N–H and O–H groups in total. The second-order valence-corrected chi connectivity index (χ2v) is 6.73. The van der Waals surface area contributed by atoms with Crippen molar-refractivity contribution in [3.63, 3.8) is 0 Å². The lowest BCUT2D eigenvalue weighted by atomic mass is 10.1. The lowest BCUT2D eigenvalue weighted by molar-refractivity contribution is -0.274. The molecule has 2 aromatic rings. The van der Waals surface area contributed by atoms with Gasteiger partial charge in [-0.15, -0.1) is 13.2 Å². The number of anilines is 1. The Bertz CT molecular complexity index is 930. The standard InChI is InChI=1S/C20H22F3N3O4/c1-11(2)18(27)26-17-8-14(7-12(3)25-17)19(28)24-10-13-5-6-15(9-16(13)29-4)30-20(21,22)23/h5-9,11H,10H2,1-4H3,(H,24,28)(H,25,26,27). The molecule has 0 fully saturated rings. The third kappa shape index (κ3) is 6.64. The maximum absolute atomic E-state index is 12.5. The van der Waals surface area contributed by atoms with Gasteiger partial charge in [0.2, 0.25) is 5.91 Å². The number of hydrogen-bond acceptors (Lipinski definition) is 5. The molecule has 0 spiro atoms. The zero-order valence-electron chi connectivity index (χ0n) is 16.9. The van der Waals surface area contributed by atoms with Crippen LogP contribution in [0.3, 0.4) is 0 Å². The smallest absolute Gasteiger partial charge is 0.496 e. The van der Waals surface area contributed by atoms with Gasteiger partial charge in [0.05, 0.1) is 7.11 Å². The topological polar surface area (TPSA) is 89.6 Å². The molecule has 0 saturated carbocycles. The van der Waals surface area contributed by atoms with Crippen LogP contribution in [0, 0.1) is 12.8 Å². The van der Waals surface area contributed by atoms with Crippen LogP contribution in [0.2, 0.25) is 0 Å². The summed E-state index contributed by atoms with van der Waals surface area (Å²) in [5.41, 5.74) is 1.27. The van der Waals surface area contributed by atoms with Crippen LogP contribution in [-0.2, 0) is 11.3 Å². The van der Waals surface area contributed by atoms with Gasteiger partial charge in [0.25, 0.3) is 5.91 Å². The van der Waals surface area contributed by atoms with Gasteiger partial charge in [0.15, 0.2) is 0 Å². The molecule has 0 radical (unpaired) electrons. The first-order chi connectivity index (χ1) is 14.0. The predicted octanol–water partition coefficient (Wildman–Crippen LogP) is 3.82. The maximum atomic E-state index is 12.5. The summed E-state index contributed by atoms with van der Waals surface area (Å²) in [7, 11) is 1.30. The van der Waals surface area contributed by atoms with E-state index in [9.17, 15) is 22.8 Å². The number of rotatable bonds is 7. The van der Waals surface area contributed by atoms with E-state index in [-0.39, 0.29) is 35.5 Å². The molecule has 0 atom stereocenters. The highest BCUT2D eigenvalue weighted by Gasteiger charge is 2.31. The lowest BCUT2D eigenvalue weighted by Gasteiger charge is -2.14. The molecule has 1 heterocycles. The van der Waals surface area contributed by atoms with Crippen LogP contribution in [0.4, 0.5) is 19.0 Å². The van der Waals surface area contributed by atoms with Gasteiger partial charge >= 0.3 is 6.36 Å². The third-order valence-electron chi connectivity index (χ3n) is 3.92. The van der Waals surface area contributed by atoms with Gasteiger partial charge in [-0.3, -0.25) is 9.59 Å². The summed E-state index contributed by atoms with van der Waals surface area (Å²) < 4.78 is 46.0. The Morgan fingerprint density at radius 3 is 2.47 bits per heavy atom. The number of carbonyl (C=O) groups is 2. The number of hydrogen-bond donors (Lipinski definition) is 2. The van der Waals surface area contributed by atoms with Crippen molar-refractivity contribution in [3.05, 3.63) is 47.2 Å². The van der Waals surface area contributed by atoms with Crippen LogP contribution in [0.25, 0.3) is 0 Å². The number of aromatic nitrogens is 1. The molecule has 10 heteroatoms. The quantitative estimate of drug-likeness (QED) is 0.704. The number of aryl methyl sites for hydroxylation is 1. The van der Waals surface area contributed by atoms with Crippen molar-refractivity contribution < 1.29 is 32.2 Å². The fraction of sp³-hybridized carbons (Fsp3) is 0.350. The minimum atomic E-state index is -4.82. The van der Waals surface area contributed by atoms with E-state index in [0.29, 0.717) is 11.3 Å². The van der Waals surface area contributed by atoms with Crippen molar-refractivity contribution in [2.24, 2.45) is 5.92 Å². The first-order valence-corrected chi connectivity index (χ1v) is 8.99. The Kier molecular flexibility index (Phi) is 7.25. The molecule has 1 aromatic heterocycles. The Balaban J connectivity index is 2.12. The SMILES string of the molecule is COc1cc(OC(F)(F)F)ccc1CNC(=O)c1cc(C)nc(NC(=O)C(C)C)c1. The fourth-order valence-electron chi connectivity index (χ4n) is 2.48. The van der Waals surface area contributed by atoms with E-state index in [1.54, 1.807) is 26.8 Å². The second kappa shape index (κ2) is 9.47. The summed E-state index contributed by atoms with van der Waals surface area (Å²) in [6.07, 6.45) is -4.82. The minimum Gasteiger partial charge on any atom is -0.496 e. The van der Waals surface area contributed by atoms with E-state index in [2.05, 4.69) is 20.4 Å². The summed E-state index contributed by atoms with van der Waals surface area (Å²) in [5, 5.41) is 5.30. The number of carbonyl (C=O) groups excluding carboxylic acids is 2. The Morgan fingerprint density at radius 2 is 1.87 bits per heavy atom. The minimum absolute atomic E-state index is 0.00333. The number of benzene rings is 1. The van der Waals surface area contributed by atoms with Crippen LogP contribution in [-0.4, -0.2) is 30.3 Å². The summed E-state index contributed by atoms with van der Waals surface area (Å²) in [6, 6.07) is 6.59. The maximum Gasteiger partial charge on any atom is 0.573 e. The van der Waals surface area contributed by atoms with Crippen LogP contribution in [0.1, 0.15) is 35.5 Å². The van der Waals surface area contributed by atoms with E-state index < -0.39 is 18.0 Å². The third-order valence-corrected chi connectivity index (χ3v) is 3.92. The van der Waals surface area contributed by atoms with Crippen molar-refractivity contribution >= 4 is 17.6 Å². The fourth-order valence-corrected chi connectivity index (χ4v) is 2.48. The van der Waals surface area contributed by atoms with Gasteiger partial charge in [0, 0.05) is 35.3 Å². The number of nitrogens with zero attached hydrogens (tertiary/aromatic N) is 1. The number of methoxy groups -OCH3 is 1. The van der Waals surface area contributed by atoms with Gasteiger partial charge < -0.3 is 20.1 Å². The van der Waals surface area contributed by atoms with Crippen LogP contribution in [0.5, 0.6) is 11.5 Å². The molecule has 7 nitrogen and oxygen atoms in total. The number of pyridine rings is 1. The average molecular weight is 425 g/mol. The van der Waals surface area contributed by atoms with Crippen molar-refractivity contribution in [2.45, 2.75) is 33.7 Å². The summed E-state index contributed by atoms with van der Waals surface area (Å²) in [5.74, 6) is -0.965. The largest absolute Gasteiger partial charge is 0.573 e. The van der Waals surface area contributed by atoms with Crippen LogP contribution < -0.4 is 20.1 Å². The summed E-state index contributed by atoms with van der Waals surface area (Å²) in [4.78, 5) is 28.6. The van der Waals surface area contributed by atoms with E-state index in [1.165, 1.54) is 19.2 Å². The summed E-state index contributed by atoms with van der Waals surface area (Å²) >= 11 is 0. The number of nitrogens with one attached hydrogen (secondary N) is 2. The number of halogens is 3. The van der Waals surface area contributed by atoms with E-state index in [1.807, 2.05) is 0 Å². The number of alkyl halides is 3. The molecular weight excluding hydrogens is 403 g/mol. The highest BCUT2D eigenvalue weighted by molar-refractivity contribution is 5.97. The molecule has 0 bridgehead atoms. The second-order valence-electron chi connectivity index (χ2n) is 6.73. The molecule has 0 unspecified atom stereocenters. The molecule has 1 aromatic carbocycles. The van der Waals surface area contributed by atoms with E-state index >= 15 is 0 Å². The predicted molar refractivity (Wildman–Crippen MR) is 103 cm³/mol. The van der Waals surface area contributed by atoms with Crippen molar-refractivity contribution in [1.29, 1.82) is 0 Å². The molecular formula is C20H22F3N3O4. The number of ether oxygens (including phenoxy) is 2. The van der Waals surface area contributed by atoms with E-state index in [4.69, 9.17) is 4.74 Å². The highest BCUT2D eigenvalue weighted by atomic mass is 19.4. The molecule has 162 valence electrons. The van der Waals surface area contributed by atoms with Crippen LogP contribution >= 0.6 is 0 Å². The lowest BCUT2D eigenvalue weighted by Crippen LogP contribution is -2.24. The van der Waals surface area contributed by atoms with E-state index in [0.717, 1.165) is 12.1 Å². The molecule has 30 heavy (non-hydrogen) atoms. The van der Waals surface area contributed by atoms with Crippen LogP contribution in [0.15, 0.2) is 30.3 Å². The molecule has 0 aliphatic heterocycles. The van der Waals surface area contributed by atoms with Gasteiger partial charge in [-0.1, -0.05) is 13.8 Å². The molecule has 0 aliphatic carbocycles. The van der Waals surface area contributed by atoms with Gasteiger partial charge in [0.1, 0.15) is 17.3 Å². The Hall–Kier alpha value is -3.30. The summed E-state index contributed by atoms with van der Waals surface area (Å²) in [6.45, 7) is 5.15. The first-order valence-electron chi connectivity index (χ1n) is 8.99. The van der Waals surface area contributed by atoms with Crippen molar-refractivity contribution in [1.82, 2.24) is 10.3 Å². The zero-order valence-corrected chi connectivity index (χ0v) is 16.9. The molecule has 2 rings (SSSR count). The molecule has 2 amide bonds. The van der Waals surface area contributed by atoms with Crippen molar-refractivity contribution in [3.8, 4) is 11.5 Å². The first kappa shape index (κ1) is 23.0. The van der Waals surface area contributed by atoms with Gasteiger partial charge in [-0.05, 0) is 31.2 Å². The number of amides is 2. The van der Waals surface area contributed by atoms with Gasteiger partial charge in [-0.25, -0.2) is 4.98 Å². The average Bonchev–Trinajstić information content (AvgIpc) is 2.64. The molecule has 0 saturated heterocycles. The normalized spacial score (nSPS) is 11.2. The monoisotopic (exact) mass is 425 g/mol. The molecule has 0 aliphatic rings. The Labute approximate surface area is 171 Å².